The Morgan fingerprint density at radius 2 is 1.52 bits per heavy atom. The lowest BCUT2D eigenvalue weighted by atomic mass is 9.95. The average Bonchev–Trinajstić information content (AvgIpc) is 2.84. The maximum Gasteiger partial charge on any atom is 0.414 e. The number of carboxylic acids is 2. The van der Waals surface area contributed by atoms with Crippen LogP contribution in [0.3, 0.4) is 0 Å². The lowest BCUT2D eigenvalue weighted by Crippen LogP contribution is -2.46. The lowest BCUT2D eigenvalue weighted by Gasteiger charge is -2.36. The smallest absolute Gasteiger partial charge is 0.414 e. The molecule has 0 bridgehead atoms. The van der Waals surface area contributed by atoms with Crippen LogP contribution in [0, 0.1) is 5.92 Å². The standard InChI is InChI=1S/C21H32N2O4.C2H2O4/c1-25-18-10-9-16(19(26-2)20(18)27-3)14-22-11-7-8-17(15-22)21(24)23-12-5-4-6-13-23;3-1(4)2(5)6/h9-10,17H,4-8,11-15H2,1-3H3;(H,3,4)(H,5,6). The molecule has 10 heteroatoms. The van der Waals surface area contributed by atoms with Gasteiger partial charge in [0, 0.05) is 31.7 Å². The molecule has 0 aromatic heterocycles. The van der Waals surface area contributed by atoms with E-state index in [0.29, 0.717) is 23.2 Å². The van der Waals surface area contributed by atoms with Crippen molar-refractivity contribution in [3.05, 3.63) is 17.7 Å². The number of ether oxygens (including phenoxy) is 3. The molecule has 2 fully saturated rings. The molecule has 1 unspecified atom stereocenters. The fourth-order valence-corrected chi connectivity index (χ4v) is 4.30. The predicted molar refractivity (Wildman–Crippen MR) is 120 cm³/mol. The third-order valence-corrected chi connectivity index (χ3v) is 5.89. The van der Waals surface area contributed by atoms with Crippen LogP contribution in [-0.2, 0) is 20.9 Å². The highest BCUT2D eigenvalue weighted by molar-refractivity contribution is 6.27. The van der Waals surface area contributed by atoms with Crippen LogP contribution in [0.4, 0.5) is 0 Å². The molecule has 3 rings (SSSR count). The van der Waals surface area contributed by atoms with Crippen molar-refractivity contribution in [2.24, 2.45) is 5.92 Å². The number of hydrogen-bond donors (Lipinski definition) is 2. The zero-order chi connectivity index (χ0) is 24.4. The van der Waals surface area contributed by atoms with Crippen LogP contribution < -0.4 is 14.2 Å². The Balaban J connectivity index is 0.000000569. The molecule has 0 spiro atoms. The van der Waals surface area contributed by atoms with Crippen molar-refractivity contribution in [1.82, 2.24) is 9.80 Å². The molecule has 1 aromatic carbocycles. The molecule has 0 saturated carbocycles. The van der Waals surface area contributed by atoms with E-state index >= 15 is 0 Å². The van der Waals surface area contributed by atoms with Crippen LogP contribution >= 0.6 is 0 Å². The van der Waals surface area contributed by atoms with Gasteiger partial charge in [0.05, 0.1) is 27.2 Å². The number of rotatable bonds is 6. The van der Waals surface area contributed by atoms with Crippen LogP contribution in [-0.4, -0.2) is 85.4 Å². The van der Waals surface area contributed by atoms with Gasteiger partial charge in [-0.2, -0.15) is 0 Å². The number of benzene rings is 1. The number of methoxy groups -OCH3 is 3. The molecule has 2 saturated heterocycles. The normalized spacial score (nSPS) is 18.5. The van der Waals surface area contributed by atoms with Gasteiger partial charge in [0.25, 0.3) is 0 Å². The maximum atomic E-state index is 12.9. The van der Waals surface area contributed by atoms with E-state index in [1.165, 1.54) is 6.42 Å². The first-order valence-corrected chi connectivity index (χ1v) is 11.1. The van der Waals surface area contributed by atoms with Crippen LogP contribution in [0.1, 0.15) is 37.7 Å². The van der Waals surface area contributed by atoms with Gasteiger partial charge in [-0.05, 0) is 44.7 Å². The van der Waals surface area contributed by atoms with Crippen molar-refractivity contribution in [3.8, 4) is 17.2 Å². The molecule has 0 aliphatic carbocycles. The molecule has 10 nitrogen and oxygen atoms in total. The Bertz CT molecular complexity index is 811. The van der Waals surface area contributed by atoms with Crippen LogP contribution in [0.15, 0.2) is 12.1 Å². The Morgan fingerprint density at radius 3 is 2.06 bits per heavy atom. The molecule has 2 heterocycles. The summed E-state index contributed by atoms with van der Waals surface area (Å²) < 4.78 is 16.5. The number of likely N-dealkylation sites (tertiary alicyclic amines) is 2. The summed E-state index contributed by atoms with van der Waals surface area (Å²) in [6.45, 7) is 4.42. The number of carbonyl (C=O) groups excluding carboxylic acids is 1. The Labute approximate surface area is 194 Å². The molecule has 1 aromatic rings. The Morgan fingerprint density at radius 1 is 0.879 bits per heavy atom. The lowest BCUT2D eigenvalue weighted by molar-refractivity contribution is -0.159. The summed E-state index contributed by atoms with van der Waals surface area (Å²) in [5.41, 5.74) is 1.06. The molecule has 184 valence electrons. The summed E-state index contributed by atoms with van der Waals surface area (Å²) in [6, 6.07) is 3.94. The zero-order valence-corrected chi connectivity index (χ0v) is 19.5. The summed E-state index contributed by atoms with van der Waals surface area (Å²) in [5.74, 6) is -1.20. The van der Waals surface area contributed by atoms with Gasteiger partial charge in [-0.25, -0.2) is 9.59 Å². The molecule has 1 atom stereocenters. The van der Waals surface area contributed by atoms with E-state index in [1.807, 2.05) is 12.1 Å². The molecule has 0 radical (unpaired) electrons. The summed E-state index contributed by atoms with van der Waals surface area (Å²) >= 11 is 0. The van der Waals surface area contributed by atoms with Crippen molar-refractivity contribution in [3.63, 3.8) is 0 Å². The second-order valence-electron chi connectivity index (χ2n) is 8.06. The molecular weight excluding hydrogens is 432 g/mol. The minimum absolute atomic E-state index is 0.114. The first kappa shape index (κ1) is 26.2. The number of amides is 1. The highest BCUT2D eigenvalue weighted by Crippen LogP contribution is 2.40. The number of aliphatic carboxylic acids is 2. The molecule has 2 N–H and O–H groups in total. The van der Waals surface area contributed by atoms with Gasteiger partial charge in [-0.1, -0.05) is 6.07 Å². The largest absolute Gasteiger partial charge is 0.493 e. The van der Waals surface area contributed by atoms with Gasteiger partial charge in [0.2, 0.25) is 11.7 Å². The highest BCUT2D eigenvalue weighted by atomic mass is 16.5. The van der Waals surface area contributed by atoms with Crippen LogP contribution in [0.25, 0.3) is 0 Å². The van der Waals surface area contributed by atoms with E-state index in [0.717, 1.165) is 64.0 Å². The van der Waals surface area contributed by atoms with Crippen molar-refractivity contribution in [1.29, 1.82) is 0 Å². The fraction of sp³-hybridized carbons (Fsp3) is 0.609. The van der Waals surface area contributed by atoms with E-state index in [1.54, 1.807) is 21.3 Å². The van der Waals surface area contributed by atoms with Crippen LogP contribution in [0.5, 0.6) is 17.2 Å². The van der Waals surface area contributed by atoms with E-state index in [9.17, 15) is 4.79 Å². The number of carbonyl (C=O) groups is 3. The summed E-state index contributed by atoms with van der Waals surface area (Å²) in [4.78, 5) is 35.5. The summed E-state index contributed by atoms with van der Waals surface area (Å²) in [6.07, 6.45) is 5.59. The highest BCUT2D eigenvalue weighted by Gasteiger charge is 2.30. The fourth-order valence-electron chi connectivity index (χ4n) is 4.30. The van der Waals surface area contributed by atoms with E-state index in [2.05, 4.69) is 9.80 Å². The molecule has 33 heavy (non-hydrogen) atoms. The third kappa shape index (κ3) is 7.24. The minimum Gasteiger partial charge on any atom is -0.493 e. The second-order valence-corrected chi connectivity index (χ2v) is 8.06. The number of carboxylic acid groups (broad SMARTS) is 2. The van der Waals surface area contributed by atoms with Crippen molar-refractivity contribution in [2.45, 2.75) is 38.6 Å². The zero-order valence-electron chi connectivity index (χ0n) is 19.5. The average molecular weight is 467 g/mol. The molecule has 1 amide bonds. The van der Waals surface area contributed by atoms with Gasteiger partial charge >= 0.3 is 11.9 Å². The first-order valence-electron chi connectivity index (χ1n) is 11.1. The van der Waals surface area contributed by atoms with E-state index in [4.69, 9.17) is 34.0 Å². The number of nitrogens with zero attached hydrogens (tertiary/aromatic N) is 2. The molecular formula is C23H34N2O8. The van der Waals surface area contributed by atoms with Crippen LogP contribution in [0.2, 0.25) is 0 Å². The second kappa shape index (κ2) is 12.9. The SMILES string of the molecule is COc1ccc(CN2CCCC(C(=O)N3CCCCC3)C2)c(OC)c1OC.O=C(O)C(=O)O. The van der Waals surface area contributed by atoms with Gasteiger partial charge in [0.15, 0.2) is 11.5 Å². The van der Waals surface area contributed by atoms with Crippen molar-refractivity contribution in [2.75, 3.05) is 47.5 Å². The molecule has 2 aliphatic heterocycles. The quantitative estimate of drug-likeness (QED) is 0.606. The summed E-state index contributed by atoms with van der Waals surface area (Å²) in [7, 11) is 4.90. The third-order valence-electron chi connectivity index (χ3n) is 5.89. The van der Waals surface area contributed by atoms with Gasteiger partial charge in [-0.15, -0.1) is 0 Å². The summed E-state index contributed by atoms with van der Waals surface area (Å²) in [5, 5.41) is 14.8. The molecule has 2 aliphatic rings. The van der Waals surface area contributed by atoms with Crippen molar-refractivity contribution < 1.29 is 38.8 Å². The topological polar surface area (TPSA) is 126 Å². The monoisotopic (exact) mass is 466 g/mol. The number of hydrogen-bond acceptors (Lipinski definition) is 7. The Kier molecular flexibility index (Phi) is 10.2. The van der Waals surface area contributed by atoms with Crippen molar-refractivity contribution >= 4 is 17.8 Å². The maximum absolute atomic E-state index is 12.9. The minimum atomic E-state index is -1.82. The predicted octanol–water partition coefficient (Wildman–Crippen LogP) is 2.09. The van der Waals surface area contributed by atoms with Gasteiger partial charge < -0.3 is 29.3 Å². The Hall–Kier alpha value is -3.01. The first-order chi connectivity index (χ1) is 15.8. The van der Waals surface area contributed by atoms with Gasteiger partial charge in [0.1, 0.15) is 0 Å². The van der Waals surface area contributed by atoms with E-state index < -0.39 is 11.9 Å². The number of piperidine rings is 2. The van der Waals surface area contributed by atoms with Gasteiger partial charge in [-0.3, -0.25) is 9.69 Å². The van der Waals surface area contributed by atoms with E-state index in [-0.39, 0.29) is 5.92 Å².